The van der Waals surface area contributed by atoms with Crippen LogP contribution in [0.15, 0.2) is 11.4 Å². The number of amides is 1. The fraction of sp³-hybridized carbons (Fsp3) is 0.545. The Balaban J connectivity index is 2.74. The molecule has 0 unspecified atom stereocenters. The normalized spacial score (nSPS) is 11.3. The molecule has 0 bridgehead atoms. The monoisotopic (exact) mass is 227 g/mol. The van der Waals surface area contributed by atoms with Crippen molar-refractivity contribution in [1.82, 2.24) is 0 Å². The average molecular weight is 227 g/mol. The molecule has 0 spiro atoms. The largest absolute Gasteiger partial charge is 0.443 e. The van der Waals surface area contributed by atoms with E-state index in [4.69, 9.17) is 4.74 Å². The molecular formula is C11H17NO2S. The Bertz CT molecular complexity index is 352. The van der Waals surface area contributed by atoms with Crippen LogP contribution in [-0.4, -0.2) is 18.7 Å². The van der Waals surface area contributed by atoms with Gasteiger partial charge in [0.25, 0.3) is 0 Å². The van der Waals surface area contributed by atoms with Crippen molar-refractivity contribution in [2.24, 2.45) is 0 Å². The molecule has 0 saturated heterocycles. The van der Waals surface area contributed by atoms with Gasteiger partial charge in [-0.25, -0.2) is 4.79 Å². The summed E-state index contributed by atoms with van der Waals surface area (Å²) in [6.07, 6.45) is -0.316. The smallest absolute Gasteiger partial charge is 0.414 e. The van der Waals surface area contributed by atoms with Crippen LogP contribution in [0.2, 0.25) is 0 Å². The molecule has 1 heterocycles. The van der Waals surface area contributed by atoms with Crippen molar-refractivity contribution in [1.29, 1.82) is 0 Å². The number of hydrogen-bond acceptors (Lipinski definition) is 3. The number of hydrogen-bond donors (Lipinski definition) is 0. The first-order chi connectivity index (χ1) is 6.81. The lowest BCUT2D eigenvalue weighted by atomic mass is 10.2. The minimum absolute atomic E-state index is 0.316. The maximum Gasteiger partial charge on any atom is 0.414 e. The number of aryl methyl sites for hydroxylation is 1. The predicted molar refractivity (Wildman–Crippen MR) is 63.7 cm³/mol. The molecule has 0 aliphatic rings. The second kappa shape index (κ2) is 4.23. The van der Waals surface area contributed by atoms with Gasteiger partial charge >= 0.3 is 6.09 Å². The Kier molecular flexibility index (Phi) is 3.39. The minimum Gasteiger partial charge on any atom is -0.443 e. The lowest BCUT2D eigenvalue weighted by molar-refractivity contribution is 0.0589. The lowest BCUT2D eigenvalue weighted by Gasteiger charge is -2.24. The minimum atomic E-state index is -0.449. The van der Waals surface area contributed by atoms with E-state index < -0.39 is 5.60 Å². The maximum absolute atomic E-state index is 11.7. The third kappa shape index (κ3) is 3.23. The standard InChI is InChI=1S/C11H17NO2S/c1-8-9(6-7-15-8)12(5)10(13)14-11(2,3)4/h6-7H,1-5H3. The molecule has 0 saturated carbocycles. The third-order valence-electron chi connectivity index (χ3n) is 1.86. The van der Waals surface area contributed by atoms with Crippen molar-refractivity contribution < 1.29 is 9.53 Å². The molecule has 4 heteroatoms. The van der Waals surface area contributed by atoms with E-state index in [1.165, 1.54) is 4.90 Å². The van der Waals surface area contributed by atoms with Crippen LogP contribution in [-0.2, 0) is 4.74 Å². The Labute approximate surface area is 94.7 Å². The molecule has 84 valence electrons. The van der Waals surface area contributed by atoms with E-state index in [1.807, 2.05) is 39.1 Å². The molecule has 0 aliphatic heterocycles. The quantitative estimate of drug-likeness (QED) is 0.735. The summed E-state index contributed by atoms with van der Waals surface area (Å²) in [6, 6.07) is 1.92. The number of ether oxygens (including phenoxy) is 1. The van der Waals surface area contributed by atoms with Crippen molar-refractivity contribution >= 4 is 23.1 Å². The van der Waals surface area contributed by atoms with Crippen molar-refractivity contribution in [2.75, 3.05) is 11.9 Å². The summed E-state index contributed by atoms with van der Waals surface area (Å²) in [5.74, 6) is 0. The highest BCUT2D eigenvalue weighted by molar-refractivity contribution is 7.10. The number of carbonyl (C=O) groups excluding carboxylic acids is 1. The Morgan fingerprint density at radius 1 is 1.47 bits per heavy atom. The summed E-state index contributed by atoms with van der Waals surface area (Å²) >= 11 is 1.62. The second-order valence-corrected chi connectivity index (χ2v) is 5.52. The highest BCUT2D eigenvalue weighted by Crippen LogP contribution is 2.25. The van der Waals surface area contributed by atoms with Gasteiger partial charge in [0.15, 0.2) is 0 Å². The highest BCUT2D eigenvalue weighted by Gasteiger charge is 2.21. The number of anilines is 1. The molecule has 1 aromatic heterocycles. The van der Waals surface area contributed by atoms with Crippen molar-refractivity contribution in [3.8, 4) is 0 Å². The van der Waals surface area contributed by atoms with Crippen LogP contribution in [0.25, 0.3) is 0 Å². The van der Waals surface area contributed by atoms with Gasteiger partial charge in [0.1, 0.15) is 5.60 Å². The maximum atomic E-state index is 11.7. The van der Waals surface area contributed by atoms with Crippen molar-refractivity contribution in [3.63, 3.8) is 0 Å². The second-order valence-electron chi connectivity index (χ2n) is 4.40. The average Bonchev–Trinajstić information content (AvgIpc) is 2.47. The van der Waals surface area contributed by atoms with E-state index in [9.17, 15) is 4.79 Å². The Hall–Kier alpha value is -1.03. The van der Waals surface area contributed by atoms with Crippen LogP contribution in [0, 0.1) is 6.92 Å². The van der Waals surface area contributed by atoms with E-state index in [-0.39, 0.29) is 6.09 Å². The molecule has 0 aromatic carbocycles. The number of rotatable bonds is 1. The van der Waals surface area contributed by atoms with Crippen LogP contribution >= 0.6 is 11.3 Å². The summed E-state index contributed by atoms with van der Waals surface area (Å²) in [7, 11) is 1.73. The molecule has 1 rings (SSSR count). The van der Waals surface area contributed by atoms with Crippen molar-refractivity contribution in [2.45, 2.75) is 33.3 Å². The zero-order valence-corrected chi connectivity index (χ0v) is 10.6. The molecule has 3 nitrogen and oxygen atoms in total. The Morgan fingerprint density at radius 2 is 2.07 bits per heavy atom. The summed E-state index contributed by atoms with van der Waals surface area (Å²) < 4.78 is 5.27. The molecular weight excluding hydrogens is 210 g/mol. The molecule has 0 aliphatic carbocycles. The SMILES string of the molecule is Cc1sccc1N(C)C(=O)OC(C)(C)C. The van der Waals surface area contributed by atoms with E-state index in [0.717, 1.165) is 10.6 Å². The lowest BCUT2D eigenvalue weighted by Crippen LogP contribution is -2.34. The van der Waals surface area contributed by atoms with Crippen LogP contribution in [0.4, 0.5) is 10.5 Å². The third-order valence-corrected chi connectivity index (χ3v) is 2.70. The first-order valence-corrected chi connectivity index (χ1v) is 5.70. The summed E-state index contributed by atoms with van der Waals surface area (Å²) in [4.78, 5) is 14.4. The van der Waals surface area contributed by atoms with Crippen LogP contribution in [0.3, 0.4) is 0 Å². The van der Waals surface area contributed by atoms with E-state index in [0.29, 0.717) is 0 Å². The number of thiophene rings is 1. The van der Waals surface area contributed by atoms with Crippen LogP contribution in [0.1, 0.15) is 25.6 Å². The van der Waals surface area contributed by atoms with Gasteiger partial charge in [0, 0.05) is 11.9 Å². The molecule has 0 fully saturated rings. The number of carbonyl (C=O) groups is 1. The zero-order chi connectivity index (χ0) is 11.6. The molecule has 0 radical (unpaired) electrons. The molecule has 1 amide bonds. The fourth-order valence-electron chi connectivity index (χ4n) is 1.15. The van der Waals surface area contributed by atoms with Crippen LogP contribution < -0.4 is 4.90 Å². The topological polar surface area (TPSA) is 29.5 Å². The fourth-order valence-corrected chi connectivity index (χ4v) is 1.88. The predicted octanol–water partition coefficient (Wildman–Crippen LogP) is 3.43. The van der Waals surface area contributed by atoms with Crippen molar-refractivity contribution in [3.05, 3.63) is 16.3 Å². The van der Waals surface area contributed by atoms with E-state index in [1.54, 1.807) is 18.4 Å². The van der Waals surface area contributed by atoms with Gasteiger partial charge in [-0.1, -0.05) is 0 Å². The first-order valence-electron chi connectivity index (χ1n) is 4.82. The zero-order valence-electron chi connectivity index (χ0n) is 9.83. The van der Waals surface area contributed by atoms with Gasteiger partial charge < -0.3 is 4.74 Å². The van der Waals surface area contributed by atoms with Gasteiger partial charge in [0.2, 0.25) is 0 Å². The molecule has 0 N–H and O–H groups in total. The summed E-state index contributed by atoms with van der Waals surface area (Å²) in [6.45, 7) is 7.57. The van der Waals surface area contributed by atoms with E-state index in [2.05, 4.69) is 0 Å². The van der Waals surface area contributed by atoms with Gasteiger partial charge in [-0.2, -0.15) is 0 Å². The summed E-state index contributed by atoms with van der Waals surface area (Å²) in [5.41, 5.74) is 0.462. The molecule has 15 heavy (non-hydrogen) atoms. The van der Waals surface area contributed by atoms with Crippen LogP contribution in [0.5, 0.6) is 0 Å². The van der Waals surface area contributed by atoms with Gasteiger partial charge in [-0.3, -0.25) is 4.90 Å². The van der Waals surface area contributed by atoms with Gasteiger partial charge in [-0.05, 0) is 39.1 Å². The molecule has 1 aromatic rings. The molecule has 0 atom stereocenters. The van der Waals surface area contributed by atoms with Gasteiger partial charge in [0.05, 0.1) is 5.69 Å². The van der Waals surface area contributed by atoms with Gasteiger partial charge in [-0.15, -0.1) is 11.3 Å². The van der Waals surface area contributed by atoms with E-state index >= 15 is 0 Å². The summed E-state index contributed by atoms with van der Waals surface area (Å²) in [5, 5.41) is 1.96. The first kappa shape index (κ1) is 12.0. The highest BCUT2D eigenvalue weighted by atomic mass is 32.1. The number of nitrogens with zero attached hydrogens (tertiary/aromatic N) is 1. The Morgan fingerprint density at radius 3 is 2.47 bits per heavy atom.